The summed E-state index contributed by atoms with van der Waals surface area (Å²) in [5, 5.41) is 13.4. The molecule has 1 unspecified atom stereocenters. The zero-order valence-electron chi connectivity index (χ0n) is 23.3. The molecule has 4 aromatic rings. The quantitative estimate of drug-likeness (QED) is 0.150. The average molecular weight is 581 g/mol. The normalized spacial score (nSPS) is 15.2. The van der Waals surface area contributed by atoms with Gasteiger partial charge in [0.15, 0.2) is 0 Å². The smallest absolute Gasteiger partial charge is 0.337 e. The van der Waals surface area contributed by atoms with E-state index in [4.69, 9.17) is 21.1 Å². The Morgan fingerprint density at radius 1 is 1.15 bits per heavy atom. The number of halogens is 1. The molecule has 1 atom stereocenters. The molecule has 0 saturated carbocycles. The van der Waals surface area contributed by atoms with Crippen LogP contribution < -0.4 is 0 Å². The van der Waals surface area contributed by atoms with Crippen molar-refractivity contribution in [2.75, 3.05) is 13.7 Å². The summed E-state index contributed by atoms with van der Waals surface area (Å²) in [7, 11) is 1.99. The fourth-order valence-electron chi connectivity index (χ4n) is 4.93. The molecule has 0 radical (unpaired) electrons. The molecule has 0 bridgehead atoms. The summed E-state index contributed by atoms with van der Waals surface area (Å²) in [6, 6.07) is 11.7. The highest BCUT2D eigenvalue weighted by Crippen LogP contribution is 2.39. The molecule has 5 rings (SSSR count). The molecule has 40 heavy (non-hydrogen) atoms. The number of carbonyl (C=O) groups excluding carboxylic acids is 2. The van der Waals surface area contributed by atoms with Crippen LogP contribution in [0.4, 0.5) is 0 Å². The van der Waals surface area contributed by atoms with Crippen molar-refractivity contribution in [3.63, 3.8) is 0 Å². The lowest BCUT2D eigenvalue weighted by atomic mass is 9.98. The van der Waals surface area contributed by atoms with Crippen LogP contribution in [0.25, 0.3) is 11.0 Å². The highest BCUT2D eigenvalue weighted by molar-refractivity contribution is 6.76. The fourth-order valence-corrected chi connectivity index (χ4v) is 5.93. The molecule has 1 aliphatic heterocycles. The highest BCUT2D eigenvalue weighted by Gasteiger charge is 2.38. The van der Waals surface area contributed by atoms with Gasteiger partial charge in [0.05, 0.1) is 41.1 Å². The standard InChI is InChI=1S/C28H33ClN6O4Si/c1-33-26(22(29)15-30-33)14-25-21-13-19(28(37)38-2)7-8-20(21)27(36)34(25)16-18-6-9-24-23(12-18)31-32-35(24)17-39-10-11-40(3,4)5/h6-9,12-13,15,25H,10-11,14,16-17H2,1-5H3. The Morgan fingerprint density at radius 2 is 1.95 bits per heavy atom. The summed E-state index contributed by atoms with van der Waals surface area (Å²) in [4.78, 5) is 27.7. The molecule has 2 aromatic heterocycles. The molecule has 12 heteroatoms. The Hall–Kier alpha value is -3.54. The van der Waals surface area contributed by atoms with Crippen LogP contribution in [-0.2, 0) is 36.2 Å². The number of aryl methyl sites for hydroxylation is 1. The Labute approximate surface area is 238 Å². The number of benzene rings is 2. The molecular weight excluding hydrogens is 548 g/mol. The van der Waals surface area contributed by atoms with Gasteiger partial charge in [0.2, 0.25) is 0 Å². The van der Waals surface area contributed by atoms with Crippen molar-refractivity contribution in [3.05, 3.63) is 75.6 Å². The van der Waals surface area contributed by atoms with E-state index in [2.05, 4.69) is 35.1 Å². The Balaban J connectivity index is 1.41. The highest BCUT2D eigenvalue weighted by atomic mass is 35.5. The van der Waals surface area contributed by atoms with E-state index in [1.165, 1.54) is 7.11 Å². The third-order valence-corrected chi connectivity index (χ3v) is 9.26. The average Bonchev–Trinajstić information content (AvgIpc) is 3.55. The first-order valence-corrected chi connectivity index (χ1v) is 17.2. The van der Waals surface area contributed by atoms with Gasteiger partial charge in [0.1, 0.15) is 12.2 Å². The molecular formula is C28H33ClN6O4Si. The van der Waals surface area contributed by atoms with Crippen molar-refractivity contribution in [3.8, 4) is 0 Å². The maximum Gasteiger partial charge on any atom is 0.337 e. The Morgan fingerprint density at radius 3 is 2.65 bits per heavy atom. The Bertz CT molecular complexity index is 1560. The van der Waals surface area contributed by atoms with Crippen molar-refractivity contribution in [2.45, 2.75) is 51.4 Å². The molecule has 10 nitrogen and oxygen atoms in total. The van der Waals surface area contributed by atoms with Crippen LogP contribution >= 0.6 is 11.6 Å². The van der Waals surface area contributed by atoms with Crippen molar-refractivity contribution in [1.29, 1.82) is 0 Å². The van der Waals surface area contributed by atoms with Crippen LogP contribution in [0.3, 0.4) is 0 Å². The Kier molecular flexibility index (Phi) is 7.80. The zero-order valence-corrected chi connectivity index (χ0v) is 25.1. The lowest BCUT2D eigenvalue weighted by molar-refractivity contribution is 0.0600. The maximum atomic E-state index is 13.7. The van der Waals surface area contributed by atoms with E-state index in [0.29, 0.717) is 42.5 Å². The van der Waals surface area contributed by atoms with Crippen molar-refractivity contribution in [1.82, 2.24) is 29.7 Å². The monoisotopic (exact) mass is 580 g/mol. The predicted octanol–water partition coefficient (Wildman–Crippen LogP) is 4.86. The SMILES string of the molecule is COC(=O)c1ccc2c(c1)C(Cc1c(Cl)cnn1C)N(Cc1ccc3c(c1)nnn3COCC[Si](C)(C)C)C2=O. The molecule has 3 heterocycles. The molecule has 210 valence electrons. The number of ether oxygens (including phenoxy) is 2. The number of hydrogen-bond acceptors (Lipinski definition) is 7. The molecule has 0 aliphatic carbocycles. The summed E-state index contributed by atoms with van der Waals surface area (Å²) >= 11 is 6.45. The van der Waals surface area contributed by atoms with Crippen molar-refractivity contribution < 1.29 is 19.1 Å². The molecule has 0 fully saturated rings. The van der Waals surface area contributed by atoms with Gasteiger partial charge >= 0.3 is 5.97 Å². The van der Waals surface area contributed by atoms with Crippen LogP contribution in [-0.4, -0.2) is 63.3 Å². The summed E-state index contributed by atoms with van der Waals surface area (Å²) < 4.78 is 14.2. The van der Waals surface area contributed by atoms with E-state index < -0.39 is 14.0 Å². The molecule has 0 N–H and O–H groups in total. The first kappa shape index (κ1) is 28.0. The second-order valence-electron chi connectivity index (χ2n) is 11.3. The maximum absolute atomic E-state index is 13.7. The lowest BCUT2D eigenvalue weighted by Gasteiger charge is -2.26. The minimum absolute atomic E-state index is 0.116. The van der Waals surface area contributed by atoms with Gasteiger partial charge in [-0.2, -0.15) is 5.10 Å². The second-order valence-corrected chi connectivity index (χ2v) is 17.3. The number of hydrogen-bond donors (Lipinski definition) is 0. The third-order valence-electron chi connectivity index (χ3n) is 7.24. The van der Waals surface area contributed by atoms with Crippen LogP contribution in [0.15, 0.2) is 42.6 Å². The van der Waals surface area contributed by atoms with E-state index in [-0.39, 0.29) is 11.9 Å². The minimum Gasteiger partial charge on any atom is -0.465 e. The largest absolute Gasteiger partial charge is 0.465 e. The number of nitrogens with zero attached hydrogens (tertiary/aromatic N) is 6. The number of aromatic nitrogens is 5. The summed E-state index contributed by atoms with van der Waals surface area (Å²) in [6.45, 7) is 8.35. The van der Waals surface area contributed by atoms with Crippen molar-refractivity contribution in [2.24, 2.45) is 7.05 Å². The van der Waals surface area contributed by atoms with E-state index in [9.17, 15) is 9.59 Å². The van der Waals surface area contributed by atoms with Crippen LogP contribution in [0.1, 0.15) is 43.6 Å². The number of esters is 1. The minimum atomic E-state index is -1.17. The first-order valence-electron chi connectivity index (χ1n) is 13.1. The van der Waals surface area contributed by atoms with E-state index in [1.807, 2.05) is 25.2 Å². The van der Waals surface area contributed by atoms with Crippen molar-refractivity contribution >= 4 is 42.6 Å². The van der Waals surface area contributed by atoms with E-state index in [1.54, 1.807) is 38.7 Å². The predicted molar refractivity (Wildman–Crippen MR) is 154 cm³/mol. The topological polar surface area (TPSA) is 104 Å². The molecule has 2 aromatic carbocycles. The van der Waals surface area contributed by atoms with Gasteiger partial charge in [0, 0.05) is 40.3 Å². The van der Waals surface area contributed by atoms with Gasteiger partial charge in [-0.05, 0) is 47.5 Å². The summed E-state index contributed by atoms with van der Waals surface area (Å²) in [5.74, 6) is -0.571. The number of fused-ring (bicyclic) bond motifs is 2. The molecule has 0 spiro atoms. The first-order chi connectivity index (χ1) is 19.1. The second kappa shape index (κ2) is 11.1. The summed E-state index contributed by atoms with van der Waals surface area (Å²) in [6.07, 6.45) is 2.03. The van der Waals surface area contributed by atoms with Gasteiger partial charge in [-0.25, -0.2) is 9.48 Å². The van der Waals surface area contributed by atoms with E-state index in [0.717, 1.165) is 33.9 Å². The van der Waals surface area contributed by atoms with Gasteiger partial charge in [-0.15, -0.1) is 5.10 Å². The van der Waals surface area contributed by atoms with E-state index >= 15 is 0 Å². The van der Waals surface area contributed by atoms with Gasteiger partial charge in [-0.1, -0.05) is 42.5 Å². The fraction of sp³-hybridized carbons (Fsp3) is 0.393. The molecule has 1 aliphatic rings. The molecule has 1 amide bonds. The lowest BCUT2D eigenvalue weighted by Crippen LogP contribution is -2.29. The molecule has 0 saturated heterocycles. The summed E-state index contributed by atoms with van der Waals surface area (Å²) in [5.41, 5.74) is 5.01. The zero-order chi connectivity index (χ0) is 28.6. The number of amides is 1. The van der Waals surface area contributed by atoms with Gasteiger partial charge in [0.25, 0.3) is 5.91 Å². The van der Waals surface area contributed by atoms with Crippen LogP contribution in [0.5, 0.6) is 0 Å². The number of rotatable bonds is 10. The number of methoxy groups -OCH3 is 1. The third kappa shape index (κ3) is 5.67. The van der Waals surface area contributed by atoms with Gasteiger partial charge in [-0.3, -0.25) is 9.48 Å². The number of carbonyl (C=O) groups is 2. The van der Waals surface area contributed by atoms with Crippen LogP contribution in [0.2, 0.25) is 30.7 Å². The van der Waals surface area contributed by atoms with Gasteiger partial charge < -0.3 is 14.4 Å². The van der Waals surface area contributed by atoms with Crippen LogP contribution in [0, 0.1) is 0 Å².